The van der Waals surface area contributed by atoms with E-state index >= 15 is 0 Å². The molecule has 0 saturated heterocycles. The van der Waals surface area contributed by atoms with Crippen LogP contribution in [0.4, 0.5) is 10.1 Å². The molecule has 0 bridgehead atoms. The molecule has 0 aromatic heterocycles. The smallest absolute Gasteiger partial charge is 0.261 e. The van der Waals surface area contributed by atoms with Gasteiger partial charge in [0.15, 0.2) is 0 Å². The molecule has 168 valence electrons. The predicted octanol–water partition coefficient (Wildman–Crippen LogP) is 4.39. The highest BCUT2D eigenvalue weighted by atomic mass is 32.2. The van der Waals surface area contributed by atoms with Crippen LogP contribution in [0, 0.1) is 19.7 Å². The van der Waals surface area contributed by atoms with Crippen LogP contribution in [0.2, 0.25) is 0 Å². The molecule has 6 nitrogen and oxygen atoms in total. The second kappa shape index (κ2) is 9.82. The van der Waals surface area contributed by atoms with Gasteiger partial charge in [-0.05, 0) is 67.4 Å². The standard InChI is InChI=1S/C24H25FN2O4S/c1-17-6-4-9-21(14-17)31-13-12-27(3)24(28)19-7-5-8-20(15-19)26-32(29,30)22-11-10-18(2)23(25)16-22/h4-11,14-16,26H,12-13H2,1-3H3. The van der Waals surface area contributed by atoms with Gasteiger partial charge in [0.25, 0.3) is 15.9 Å². The SMILES string of the molecule is Cc1cccc(OCCN(C)C(=O)c2cccc(NS(=O)(=O)c3ccc(C)c(F)c3)c2)c1. The maximum atomic E-state index is 13.8. The molecule has 0 aliphatic heterocycles. The van der Waals surface area contributed by atoms with E-state index in [9.17, 15) is 17.6 Å². The van der Waals surface area contributed by atoms with Crippen molar-refractivity contribution < 1.29 is 22.3 Å². The summed E-state index contributed by atoms with van der Waals surface area (Å²) in [4.78, 5) is 14.1. The van der Waals surface area contributed by atoms with E-state index in [1.54, 1.807) is 26.1 Å². The third-order valence-electron chi connectivity index (χ3n) is 4.85. The van der Waals surface area contributed by atoms with Gasteiger partial charge >= 0.3 is 0 Å². The van der Waals surface area contributed by atoms with Crippen molar-refractivity contribution in [3.8, 4) is 5.75 Å². The number of benzene rings is 3. The van der Waals surface area contributed by atoms with E-state index in [-0.39, 0.29) is 16.5 Å². The van der Waals surface area contributed by atoms with Crippen molar-refractivity contribution in [1.29, 1.82) is 0 Å². The number of anilines is 1. The van der Waals surface area contributed by atoms with E-state index in [2.05, 4.69) is 4.72 Å². The van der Waals surface area contributed by atoms with E-state index in [4.69, 9.17) is 4.74 Å². The normalized spacial score (nSPS) is 11.1. The molecule has 0 saturated carbocycles. The van der Waals surface area contributed by atoms with Gasteiger partial charge in [0, 0.05) is 18.3 Å². The first-order chi connectivity index (χ1) is 15.2. The maximum absolute atomic E-state index is 13.8. The Hall–Kier alpha value is -3.39. The molecule has 0 heterocycles. The molecule has 3 rings (SSSR count). The fourth-order valence-corrected chi connectivity index (χ4v) is 4.06. The summed E-state index contributed by atoms with van der Waals surface area (Å²) in [6.07, 6.45) is 0. The molecule has 0 spiro atoms. The molecule has 0 aliphatic rings. The summed E-state index contributed by atoms with van der Waals surface area (Å²) in [7, 11) is -2.35. The highest BCUT2D eigenvalue weighted by Gasteiger charge is 2.18. The number of hydrogen-bond acceptors (Lipinski definition) is 4. The lowest BCUT2D eigenvalue weighted by molar-refractivity contribution is 0.0774. The number of amides is 1. The minimum absolute atomic E-state index is 0.192. The third kappa shape index (κ3) is 5.85. The van der Waals surface area contributed by atoms with E-state index in [1.807, 2.05) is 31.2 Å². The number of sulfonamides is 1. The molecule has 32 heavy (non-hydrogen) atoms. The molecule has 0 aliphatic carbocycles. The largest absolute Gasteiger partial charge is 0.492 e. The number of aryl methyl sites for hydroxylation is 2. The molecule has 0 unspecified atom stereocenters. The van der Waals surface area contributed by atoms with Crippen LogP contribution in [0.3, 0.4) is 0 Å². The van der Waals surface area contributed by atoms with Crippen molar-refractivity contribution >= 4 is 21.6 Å². The summed E-state index contributed by atoms with van der Waals surface area (Å²) in [6, 6.07) is 17.5. The van der Waals surface area contributed by atoms with Crippen molar-refractivity contribution in [3.05, 3.63) is 89.2 Å². The zero-order valence-electron chi connectivity index (χ0n) is 18.1. The lowest BCUT2D eigenvalue weighted by Gasteiger charge is -2.18. The topological polar surface area (TPSA) is 75.7 Å². The van der Waals surface area contributed by atoms with Crippen LogP contribution < -0.4 is 9.46 Å². The monoisotopic (exact) mass is 456 g/mol. The van der Waals surface area contributed by atoms with Crippen LogP contribution in [0.1, 0.15) is 21.5 Å². The van der Waals surface area contributed by atoms with Gasteiger partial charge in [-0.25, -0.2) is 12.8 Å². The average molecular weight is 457 g/mol. The number of hydrogen-bond donors (Lipinski definition) is 1. The van der Waals surface area contributed by atoms with Gasteiger partial charge in [0.1, 0.15) is 18.2 Å². The van der Waals surface area contributed by atoms with E-state index in [1.165, 1.54) is 29.2 Å². The van der Waals surface area contributed by atoms with Crippen molar-refractivity contribution in [2.75, 3.05) is 24.9 Å². The molecule has 8 heteroatoms. The van der Waals surface area contributed by atoms with Crippen molar-refractivity contribution in [3.63, 3.8) is 0 Å². The van der Waals surface area contributed by atoms with Crippen LogP contribution >= 0.6 is 0 Å². The maximum Gasteiger partial charge on any atom is 0.261 e. The number of nitrogens with zero attached hydrogens (tertiary/aromatic N) is 1. The molecule has 3 aromatic rings. The van der Waals surface area contributed by atoms with Gasteiger partial charge in [-0.1, -0.05) is 24.3 Å². The summed E-state index contributed by atoms with van der Waals surface area (Å²) in [6.45, 7) is 4.19. The lowest BCUT2D eigenvalue weighted by atomic mass is 10.2. The Bertz CT molecular complexity index is 1230. The quantitative estimate of drug-likeness (QED) is 0.545. The summed E-state index contributed by atoms with van der Waals surface area (Å²) < 4.78 is 47.0. The zero-order chi connectivity index (χ0) is 23.3. The number of nitrogens with one attached hydrogen (secondary N) is 1. The molecular weight excluding hydrogens is 431 g/mol. The summed E-state index contributed by atoms with van der Waals surface area (Å²) in [5.41, 5.74) is 1.96. The van der Waals surface area contributed by atoms with Gasteiger partial charge in [-0.15, -0.1) is 0 Å². The Kier molecular flexibility index (Phi) is 7.15. The summed E-state index contributed by atoms with van der Waals surface area (Å²) in [5.74, 6) is -0.152. The Morgan fingerprint density at radius 3 is 2.50 bits per heavy atom. The Labute approximate surface area is 187 Å². The average Bonchev–Trinajstić information content (AvgIpc) is 2.75. The van der Waals surface area contributed by atoms with Gasteiger partial charge in [0.2, 0.25) is 0 Å². The molecule has 0 fully saturated rings. The molecular formula is C24H25FN2O4S. The molecule has 1 amide bonds. The summed E-state index contributed by atoms with van der Waals surface area (Å²) in [5, 5.41) is 0. The van der Waals surface area contributed by atoms with Crippen molar-refractivity contribution in [2.24, 2.45) is 0 Å². The second-order valence-corrected chi connectivity index (χ2v) is 9.17. The molecule has 3 aromatic carbocycles. The van der Waals surface area contributed by atoms with Crippen LogP contribution in [0.25, 0.3) is 0 Å². The summed E-state index contributed by atoms with van der Waals surface area (Å²) >= 11 is 0. The molecule has 0 radical (unpaired) electrons. The number of carbonyl (C=O) groups is 1. The molecule has 0 atom stereocenters. The fourth-order valence-electron chi connectivity index (χ4n) is 3.00. The van der Waals surface area contributed by atoms with E-state index < -0.39 is 15.8 Å². The zero-order valence-corrected chi connectivity index (χ0v) is 18.9. The van der Waals surface area contributed by atoms with Crippen molar-refractivity contribution in [2.45, 2.75) is 18.7 Å². The first-order valence-corrected chi connectivity index (χ1v) is 11.5. The minimum Gasteiger partial charge on any atom is -0.492 e. The van der Waals surface area contributed by atoms with Crippen LogP contribution in [0.15, 0.2) is 71.6 Å². The van der Waals surface area contributed by atoms with E-state index in [0.717, 1.165) is 17.4 Å². The van der Waals surface area contributed by atoms with Crippen molar-refractivity contribution in [1.82, 2.24) is 4.90 Å². The third-order valence-corrected chi connectivity index (χ3v) is 6.23. The number of halogens is 1. The number of carbonyl (C=O) groups excluding carboxylic acids is 1. The Morgan fingerprint density at radius 2 is 1.78 bits per heavy atom. The lowest BCUT2D eigenvalue weighted by Crippen LogP contribution is -2.31. The first-order valence-electron chi connectivity index (χ1n) is 10.00. The van der Waals surface area contributed by atoms with Gasteiger partial charge in [0.05, 0.1) is 11.4 Å². The van der Waals surface area contributed by atoms with Crippen LogP contribution in [-0.4, -0.2) is 39.4 Å². The van der Waals surface area contributed by atoms with Crippen LogP contribution in [-0.2, 0) is 10.0 Å². The predicted molar refractivity (Wildman–Crippen MR) is 122 cm³/mol. The Balaban J connectivity index is 1.65. The fraction of sp³-hybridized carbons (Fsp3) is 0.208. The Morgan fingerprint density at radius 1 is 1.03 bits per heavy atom. The van der Waals surface area contributed by atoms with Crippen LogP contribution in [0.5, 0.6) is 5.75 Å². The van der Waals surface area contributed by atoms with Gasteiger partial charge in [-0.3, -0.25) is 9.52 Å². The van der Waals surface area contributed by atoms with Gasteiger partial charge < -0.3 is 9.64 Å². The second-order valence-electron chi connectivity index (χ2n) is 7.49. The first kappa shape index (κ1) is 23.3. The van der Waals surface area contributed by atoms with Gasteiger partial charge in [-0.2, -0.15) is 0 Å². The minimum atomic E-state index is -4.00. The number of ether oxygens (including phenoxy) is 1. The number of rotatable bonds is 8. The number of likely N-dealkylation sites (N-methyl/N-ethyl adjacent to an activating group) is 1. The highest BCUT2D eigenvalue weighted by molar-refractivity contribution is 7.92. The van der Waals surface area contributed by atoms with E-state index in [0.29, 0.717) is 24.3 Å². The molecule has 1 N–H and O–H groups in total. The highest BCUT2D eigenvalue weighted by Crippen LogP contribution is 2.20.